The van der Waals surface area contributed by atoms with E-state index in [0.717, 1.165) is 55.6 Å². The number of nitrogens with one attached hydrogen (secondary N) is 2. The molecule has 1 aromatic heterocycles. The third-order valence-electron chi connectivity index (χ3n) is 10.0. The zero-order chi connectivity index (χ0) is 33.7. The van der Waals surface area contributed by atoms with Crippen LogP contribution in [0.5, 0.6) is 0 Å². The largest absolute Gasteiger partial charge is 0.459 e. The normalized spacial score (nSPS) is 15.5. The Morgan fingerprint density at radius 3 is 1.78 bits per heavy atom. The molecule has 242 valence electrons. The molecule has 5 heteroatoms. The first kappa shape index (κ1) is 29.2. The Bertz CT molecular complexity index is 2720. The van der Waals surface area contributed by atoms with E-state index in [4.69, 9.17) is 14.4 Å². The molecule has 5 nitrogen and oxygen atoms in total. The van der Waals surface area contributed by atoms with Gasteiger partial charge in [-0.25, -0.2) is 9.98 Å². The van der Waals surface area contributed by atoms with Gasteiger partial charge in [-0.05, 0) is 55.9 Å². The summed E-state index contributed by atoms with van der Waals surface area (Å²) < 4.78 is 6.29. The molecule has 0 saturated carbocycles. The fourth-order valence-corrected chi connectivity index (χ4v) is 7.66. The lowest BCUT2D eigenvalue weighted by Gasteiger charge is -2.24. The number of furan rings is 1. The first-order chi connectivity index (χ1) is 25.3. The quantitative estimate of drug-likeness (QED) is 0.194. The van der Waals surface area contributed by atoms with Gasteiger partial charge in [0.15, 0.2) is 5.84 Å². The standard InChI is InChI=1S/C46H32N4O/c1-3-13-29(14-4-1)44-48-45(30-15-5-2-6-16-30)50-46(49-44)38-26-25-36(33-19-9-10-20-34(33)38)35-23-24-37(32-18-8-7-17-31(32)35)40-27-47-28-42-43(40)39-21-11-12-22-41(39)51-42/h1-27,44,47H,28H2,(H,48,49,50). The summed E-state index contributed by atoms with van der Waals surface area (Å²) in [5.41, 5.74) is 9.88. The highest BCUT2D eigenvalue weighted by molar-refractivity contribution is 6.20. The highest BCUT2D eigenvalue weighted by Gasteiger charge is 2.25. The number of hydrogen-bond donors (Lipinski definition) is 2. The Hall–Kier alpha value is -6.72. The zero-order valence-corrected chi connectivity index (χ0v) is 27.7. The van der Waals surface area contributed by atoms with Gasteiger partial charge in [-0.15, -0.1) is 0 Å². The third kappa shape index (κ3) is 4.93. The number of aliphatic imine (C=N–C) groups is 2. The van der Waals surface area contributed by atoms with E-state index in [2.05, 4.69) is 138 Å². The number of benzene rings is 7. The number of nitrogens with zero attached hydrogens (tertiary/aromatic N) is 2. The van der Waals surface area contributed by atoms with Crippen molar-refractivity contribution in [2.45, 2.75) is 12.7 Å². The van der Waals surface area contributed by atoms with Crippen molar-refractivity contribution in [1.82, 2.24) is 10.6 Å². The number of hydrogen-bond acceptors (Lipinski definition) is 5. The maximum Gasteiger partial charge on any atom is 0.160 e. The lowest BCUT2D eigenvalue weighted by molar-refractivity contribution is 0.531. The molecular formula is C46H32N4O. The molecule has 7 aromatic carbocycles. The van der Waals surface area contributed by atoms with Crippen LogP contribution in [0, 0.1) is 0 Å². The van der Waals surface area contributed by atoms with Gasteiger partial charge in [0.1, 0.15) is 23.3 Å². The lowest BCUT2D eigenvalue weighted by Crippen LogP contribution is -2.33. The maximum absolute atomic E-state index is 6.29. The van der Waals surface area contributed by atoms with Gasteiger partial charge in [0.05, 0.1) is 6.54 Å². The molecule has 8 aromatic rings. The summed E-state index contributed by atoms with van der Waals surface area (Å²) >= 11 is 0. The van der Waals surface area contributed by atoms with Gasteiger partial charge in [0.2, 0.25) is 0 Å². The summed E-state index contributed by atoms with van der Waals surface area (Å²) in [6.45, 7) is 0.673. The van der Waals surface area contributed by atoms with Crippen LogP contribution in [-0.4, -0.2) is 11.7 Å². The van der Waals surface area contributed by atoms with Gasteiger partial charge in [0.25, 0.3) is 0 Å². The maximum atomic E-state index is 6.29. The Kier molecular flexibility index (Phi) is 6.88. The second kappa shape index (κ2) is 12.0. The number of para-hydroxylation sites is 1. The zero-order valence-electron chi connectivity index (χ0n) is 27.7. The molecule has 2 aliphatic heterocycles. The molecule has 1 atom stereocenters. The van der Waals surface area contributed by atoms with Gasteiger partial charge in [0, 0.05) is 33.8 Å². The number of rotatable bonds is 5. The van der Waals surface area contributed by atoms with Crippen molar-refractivity contribution in [3.8, 4) is 11.1 Å². The second-order valence-corrected chi connectivity index (χ2v) is 13.0. The highest BCUT2D eigenvalue weighted by atomic mass is 16.3. The second-order valence-electron chi connectivity index (χ2n) is 13.0. The monoisotopic (exact) mass is 656 g/mol. The third-order valence-corrected chi connectivity index (χ3v) is 10.0. The molecule has 10 rings (SSSR count). The van der Waals surface area contributed by atoms with Crippen LogP contribution in [0.3, 0.4) is 0 Å². The molecule has 2 N–H and O–H groups in total. The molecule has 0 aliphatic carbocycles. The molecule has 1 unspecified atom stereocenters. The number of fused-ring (bicyclic) bond motifs is 5. The fourth-order valence-electron chi connectivity index (χ4n) is 7.66. The fraction of sp³-hybridized carbons (Fsp3) is 0.0435. The number of amidine groups is 2. The van der Waals surface area contributed by atoms with Gasteiger partial charge < -0.3 is 15.1 Å². The summed E-state index contributed by atoms with van der Waals surface area (Å²) in [5, 5.41) is 12.9. The van der Waals surface area contributed by atoms with Gasteiger partial charge in [-0.3, -0.25) is 0 Å². The summed E-state index contributed by atoms with van der Waals surface area (Å²) in [6, 6.07) is 55.3. The van der Waals surface area contributed by atoms with E-state index >= 15 is 0 Å². The van der Waals surface area contributed by atoms with Gasteiger partial charge in [-0.2, -0.15) is 0 Å². The minimum Gasteiger partial charge on any atom is -0.459 e. The summed E-state index contributed by atoms with van der Waals surface area (Å²) in [4.78, 5) is 10.3. The van der Waals surface area contributed by atoms with Crippen molar-refractivity contribution < 1.29 is 4.42 Å². The van der Waals surface area contributed by atoms with Crippen LogP contribution >= 0.6 is 0 Å². The molecular weight excluding hydrogens is 625 g/mol. The SMILES string of the molecule is C1=C(c2ccc(-c3ccc(C4=NC(c5ccccc5)NC(c5ccccc5)=N4)c4ccccc34)c3ccccc23)c2c(oc3ccccc23)CN1. The van der Waals surface area contributed by atoms with E-state index in [1.807, 2.05) is 36.4 Å². The van der Waals surface area contributed by atoms with E-state index in [1.54, 1.807) is 0 Å². The van der Waals surface area contributed by atoms with Gasteiger partial charge >= 0.3 is 0 Å². The molecule has 51 heavy (non-hydrogen) atoms. The van der Waals surface area contributed by atoms with Crippen molar-refractivity contribution in [2.75, 3.05) is 0 Å². The molecule has 0 saturated heterocycles. The van der Waals surface area contributed by atoms with Gasteiger partial charge in [-0.1, -0.05) is 146 Å². The average molecular weight is 657 g/mol. The van der Waals surface area contributed by atoms with Crippen LogP contribution in [0.15, 0.2) is 178 Å². The Balaban J connectivity index is 1.13. The average Bonchev–Trinajstić information content (AvgIpc) is 3.60. The predicted molar refractivity (Wildman–Crippen MR) is 209 cm³/mol. The summed E-state index contributed by atoms with van der Waals surface area (Å²) in [6.07, 6.45) is 1.88. The van der Waals surface area contributed by atoms with Crippen LogP contribution in [0.25, 0.3) is 49.2 Å². The predicted octanol–water partition coefficient (Wildman–Crippen LogP) is 10.4. The molecule has 0 spiro atoms. The van der Waals surface area contributed by atoms with E-state index < -0.39 is 0 Å². The highest BCUT2D eigenvalue weighted by Crippen LogP contribution is 2.42. The minimum atomic E-state index is -0.264. The first-order valence-corrected chi connectivity index (χ1v) is 17.3. The van der Waals surface area contributed by atoms with Crippen molar-refractivity contribution in [1.29, 1.82) is 0 Å². The van der Waals surface area contributed by atoms with E-state index in [-0.39, 0.29) is 6.17 Å². The molecule has 3 heterocycles. The van der Waals surface area contributed by atoms with Crippen LogP contribution in [0.1, 0.15) is 39.7 Å². The molecule has 0 amide bonds. The minimum absolute atomic E-state index is 0.264. The van der Waals surface area contributed by atoms with Crippen LogP contribution in [0.2, 0.25) is 0 Å². The molecule has 0 bridgehead atoms. The summed E-state index contributed by atoms with van der Waals surface area (Å²) in [5.74, 6) is 2.49. The Morgan fingerprint density at radius 2 is 1.08 bits per heavy atom. The lowest BCUT2D eigenvalue weighted by atomic mass is 9.86. The van der Waals surface area contributed by atoms with Crippen LogP contribution < -0.4 is 10.6 Å². The molecule has 0 radical (unpaired) electrons. The summed E-state index contributed by atoms with van der Waals surface area (Å²) in [7, 11) is 0. The Morgan fingerprint density at radius 1 is 0.529 bits per heavy atom. The smallest absolute Gasteiger partial charge is 0.160 e. The van der Waals surface area contributed by atoms with E-state index in [1.165, 1.54) is 33.0 Å². The molecule has 0 fully saturated rings. The van der Waals surface area contributed by atoms with Crippen molar-refractivity contribution >= 4 is 49.8 Å². The van der Waals surface area contributed by atoms with Crippen LogP contribution in [-0.2, 0) is 6.54 Å². The van der Waals surface area contributed by atoms with E-state index in [9.17, 15) is 0 Å². The molecule has 2 aliphatic rings. The first-order valence-electron chi connectivity index (χ1n) is 17.3. The van der Waals surface area contributed by atoms with Crippen molar-refractivity contribution in [2.24, 2.45) is 9.98 Å². The van der Waals surface area contributed by atoms with Crippen LogP contribution in [0.4, 0.5) is 0 Å². The Labute approximate surface area is 295 Å². The topological polar surface area (TPSA) is 61.9 Å². The van der Waals surface area contributed by atoms with Crippen molar-refractivity contribution in [3.63, 3.8) is 0 Å². The van der Waals surface area contributed by atoms with E-state index in [0.29, 0.717) is 12.4 Å². The van der Waals surface area contributed by atoms with Crippen molar-refractivity contribution in [3.05, 3.63) is 198 Å².